The third-order valence-corrected chi connectivity index (χ3v) is 4.41. The fourth-order valence-corrected chi connectivity index (χ4v) is 2.31. The third-order valence-electron chi connectivity index (χ3n) is 4.41. The van der Waals surface area contributed by atoms with Gasteiger partial charge in [-0.2, -0.15) is 0 Å². The molecule has 7 heteroatoms. The minimum Gasteiger partial charge on any atom is -0.399 e. The fourth-order valence-electron chi connectivity index (χ4n) is 2.31. The Bertz CT molecular complexity index is 559. The highest BCUT2D eigenvalue weighted by atomic mass is 16.7. The number of hydrogen-bond donors (Lipinski definition) is 1. The second kappa shape index (κ2) is 5.99. The van der Waals surface area contributed by atoms with E-state index in [4.69, 9.17) is 9.31 Å². The zero-order valence-electron chi connectivity index (χ0n) is 13.8. The van der Waals surface area contributed by atoms with E-state index in [1.807, 2.05) is 34.6 Å². The van der Waals surface area contributed by atoms with Crippen molar-refractivity contribution in [1.82, 2.24) is 5.32 Å². The van der Waals surface area contributed by atoms with E-state index >= 15 is 0 Å². The molecular formula is C15H23BN2O4. The summed E-state index contributed by atoms with van der Waals surface area (Å²) in [4.78, 5) is 10.7. The SMILES string of the molecule is CCNCc1ccc([N+](=O)[O-])cc1B1OC(C)(C)C(C)(C)O1. The summed E-state index contributed by atoms with van der Waals surface area (Å²) in [5, 5.41) is 14.3. The smallest absolute Gasteiger partial charge is 0.399 e. The molecule has 0 saturated carbocycles. The number of nitrogens with zero attached hydrogens (tertiary/aromatic N) is 1. The summed E-state index contributed by atoms with van der Waals surface area (Å²) < 4.78 is 12.1. The molecule has 1 aromatic rings. The Kier molecular flexibility index (Phi) is 4.61. The molecule has 1 aromatic carbocycles. The van der Waals surface area contributed by atoms with Gasteiger partial charge >= 0.3 is 7.12 Å². The Morgan fingerprint density at radius 3 is 2.32 bits per heavy atom. The monoisotopic (exact) mass is 306 g/mol. The van der Waals surface area contributed by atoms with Crippen LogP contribution in [0.1, 0.15) is 40.2 Å². The van der Waals surface area contributed by atoms with Crippen molar-refractivity contribution in [3.8, 4) is 0 Å². The Morgan fingerprint density at radius 2 is 1.82 bits per heavy atom. The molecule has 0 amide bonds. The van der Waals surface area contributed by atoms with Gasteiger partial charge in [-0.1, -0.05) is 13.0 Å². The zero-order valence-corrected chi connectivity index (χ0v) is 13.8. The van der Waals surface area contributed by atoms with Crippen molar-refractivity contribution in [3.05, 3.63) is 33.9 Å². The second-order valence-corrected chi connectivity index (χ2v) is 6.51. The summed E-state index contributed by atoms with van der Waals surface area (Å²) in [6.07, 6.45) is 0. The van der Waals surface area contributed by atoms with Gasteiger partial charge in [-0.3, -0.25) is 10.1 Å². The Hall–Kier alpha value is -1.44. The van der Waals surface area contributed by atoms with E-state index in [1.54, 1.807) is 12.1 Å². The second-order valence-electron chi connectivity index (χ2n) is 6.51. The Morgan fingerprint density at radius 1 is 1.23 bits per heavy atom. The van der Waals surface area contributed by atoms with Crippen LogP contribution >= 0.6 is 0 Å². The number of non-ortho nitro benzene ring substituents is 1. The number of hydrogen-bond acceptors (Lipinski definition) is 5. The number of benzene rings is 1. The maximum Gasteiger partial charge on any atom is 0.495 e. The van der Waals surface area contributed by atoms with E-state index < -0.39 is 23.2 Å². The highest BCUT2D eigenvalue weighted by molar-refractivity contribution is 6.62. The number of rotatable bonds is 5. The molecule has 0 aliphatic carbocycles. The molecular weight excluding hydrogens is 283 g/mol. The minimum atomic E-state index is -0.599. The van der Waals surface area contributed by atoms with Gasteiger partial charge in [0.15, 0.2) is 0 Å². The number of nitro benzene ring substituents is 1. The van der Waals surface area contributed by atoms with Crippen LogP contribution in [0.4, 0.5) is 5.69 Å². The molecule has 1 fully saturated rings. The molecule has 1 aliphatic heterocycles. The van der Waals surface area contributed by atoms with Gasteiger partial charge in [-0.25, -0.2) is 0 Å². The molecule has 2 rings (SSSR count). The highest BCUT2D eigenvalue weighted by Gasteiger charge is 2.52. The highest BCUT2D eigenvalue weighted by Crippen LogP contribution is 2.36. The van der Waals surface area contributed by atoms with Gasteiger partial charge in [-0.15, -0.1) is 0 Å². The van der Waals surface area contributed by atoms with Crippen molar-refractivity contribution in [3.63, 3.8) is 0 Å². The van der Waals surface area contributed by atoms with Crippen molar-refractivity contribution in [2.45, 2.75) is 52.4 Å². The van der Waals surface area contributed by atoms with Gasteiger partial charge in [0.1, 0.15) is 0 Å². The molecule has 1 aliphatic rings. The number of nitro groups is 1. The van der Waals surface area contributed by atoms with Gasteiger partial charge in [-0.05, 0) is 45.3 Å². The van der Waals surface area contributed by atoms with Crippen molar-refractivity contribution in [2.75, 3.05) is 6.54 Å². The molecule has 0 aromatic heterocycles. The molecule has 1 saturated heterocycles. The van der Waals surface area contributed by atoms with E-state index in [0.29, 0.717) is 12.0 Å². The molecule has 120 valence electrons. The lowest BCUT2D eigenvalue weighted by atomic mass is 9.75. The minimum absolute atomic E-state index is 0.0463. The quantitative estimate of drug-likeness (QED) is 0.512. The molecule has 22 heavy (non-hydrogen) atoms. The fraction of sp³-hybridized carbons (Fsp3) is 0.600. The maximum atomic E-state index is 11.1. The molecule has 0 atom stereocenters. The summed E-state index contributed by atoms with van der Waals surface area (Å²) in [5.41, 5.74) is 0.764. The molecule has 0 spiro atoms. The molecule has 1 N–H and O–H groups in total. The first-order chi connectivity index (χ1) is 10.2. The summed E-state index contributed by atoms with van der Waals surface area (Å²) >= 11 is 0. The van der Waals surface area contributed by atoms with Crippen LogP contribution < -0.4 is 10.8 Å². The van der Waals surface area contributed by atoms with Gasteiger partial charge in [0.05, 0.1) is 16.1 Å². The molecule has 1 heterocycles. The first-order valence-corrected chi connectivity index (χ1v) is 7.51. The van der Waals surface area contributed by atoms with Crippen LogP contribution in [0.25, 0.3) is 0 Å². The van der Waals surface area contributed by atoms with E-state index in [0.717, 1.165) is 12.1 Å². The van der Waals surface area contributed by atoms with Crippen LogP contribution in [0.15, 0.2) is 18.2 Å². The summed E-state index contributed by atoms with van der Waals surface area (Å²) in [6, 6.07) is 4.83. The van der Waals surface area contributed by atoms with Crippen molar-refractivity contribution in [2.24, 2.45) is 0 Å². The predicted molar refractivity (Wildman–Crippen MR) is 86.2 cm³/mol. The molecule has 0 unspecified atom stereocenters. The predicted octanol–water partition coefficient (Wildman–Crippen LogP) is 2.00. The average molecular weight is 306 g/mol. The van der Waals surface area contributed by atoms with E-state index in [9.17, 15) is 10.1 Å². The summed E-state index contributed by atoms with van der Waals surface area (Å²) in [5.74, 6) is 0. The topological polar surface area (TPSA) is 73.6 Å². The van der Waals surface area contributed by atoms with E-state index in [-0.39, 0.29) is 5.69 Å². The third kappa shape index (κ3) is 3.16. The lowest BCUT2D eigenvalue weighted by Gasteiger charge is -2.32. The average Bonchev–Trinajstić information content (AvgIpc) is 2.64. The van der Waals surface area contributed by atoms with E-state index in [2.05, 4.69) is 5.32 Å². The van der Waals surface area contributed by atoms with Gasteiger partial charge in [0.2, 0.25) is 0 Å². The van der Waals surface area contributed by atoms with Gasteiger partial charge < -0.3 is 14.6 Å². The normalized spacial score (nSPS) is 19.4. The van der Waals surface area contributed by atoms with Crippen LogP contribution in [-0.4, -0.2) is 29.8 Å². The summed E-state index contributed by atoms with van der Waals surface area (Å²) in [6.45, 7) is 11.3. The van der Waals surface area contributed by atoms with Crippen LogP contribution in [0, 0.1) is 10.1 Å². The molecule has 6 nitrogen and oxygen atoms in total. The van der Waals surface area contributed by atoms with Crippen LogP contribution in [0.5, 0.6) is 0 Å². The van der Waals surface area contributed by atoms with Crippen molar-refractivity contribution < 1.29 is 14.2 Å². The van der Waals surface area contributed by atoms with Crippen LogP contribution in [0.2, 0.25) is 0 Å². The van der Waals surface area contributed by atoms with Gasteiger partial charge in [0.25, 0.3) is 5.69 Å². The Balaban J connectivity index is 2.39. The first kappa shape index (κ1) is 16.9. The van der Waals surface area contributed by atoms with Crippen molar-refractivity contribution >= 4 is 18.3 Å². The molecule has 0 radical (unpaired) electrons. The van der Waals surface area contributed by atoms with E-state index in [1.165, 1.54) is 6.07 Å². The van der Waals surface area contributed by atoms with Gasteiger partial charge in [0, 0.05) is 18.7 Å². The van der Waals surface area contributed by atoms with Crippen LogP contribution in [0.3, 0.4) is 0 Å². The first-order valence-electron chi connectivity index (χ1n) is 7.51. The standard InChI is InChI=1S/C15H23BN2O4/c1-6-17-10-11-7-8-12(18(19)20)9-13(11)16-21-14(2,3)15(4,5)22-16/h7-9,17H,6,10H2,1-5H3. The maximum absolute atomic E-state index is 11.1. The summed E-state index contributed by atoms with van der Waals surface area (Å²) in [7, 11) is -0.599. The van der Waals surface area contributed by atoms with Crippen molar-refractivity contribution in [1.29, 1.82) is 0 Å². The largest absolute Gasteiger partial charge is 0.495 e. The zero-order chi connectivity index (χ0) is 16.5. The number of nitrogens with one attached hydrogen (secondary N) is 1. The lowest BCUT2D eigenvalue weighted by Crippen LogP contribution is -2.41. The molecule has 0 bridgehead atoms. The van der Waals surface area contributed by atoms with Crippen LogP contribution in [-0.2, 0) is 15.9 Å². The Labute approximate surface area is 131 Å². The lowest BCUT2D eigenvalue weighted by molar-refractivity contribution is -0.384.